The number of hydrogen-bond acceptors (Lipinski definition) is 12. The minimum atomic E-state index is -1.11. The summed E-state index contributed by atoms with van der Waals surface area (Å²) >= 11 is 0. The number of aliphatic hydroxyl groups excluding tert-OH is 3. The first kappa shape index (κ1) is 48.2. The topological polar surface area (TPSA) is 171 Å². The molecule has 5 aromatic carbocycles. The standard InChI is InChI=1S/C30H35NO8.C18H22O4/c1-35-29(33)26(31-30(34)39-20-25-15-9-4-10-16-25)21-36-22-28(38-19-24-13-7-3-8-14-24)27(17-32)37-18-23-11-5-2-6-12-23;19-11-17(21-13-15-7-3-1-4-8-15)18(12-20)22-14-16-9-5-2-6-10-16/h2-16,26-28,32H,17-22H2,1H3,(H,31,34);1-10,17-20H,11-14H2/t26-,27-,28-;17-,18-/m00/s1. The molecule has 13 heteroatoms. The van der Waals surface area contributed by atoms with E-state index in [9.17, 15) is 24.9 Å². The van der Waals surface area contributed by atoms with Crippen LogP contribution in [0.25, 0.3) is 0 Å². The number of carbonyl (C=O) groups is 2. The Kier molecular flexibility index (Phi) is 22.8. The number of nitrogens with one attached hydrogen (secondary N) is 1. The van der Waals surface area contributed by atoms with Gasteiger partial charge in [-0.05, 0) is 27.8 Å². The first-order valence-corrected chi connectivity index (χ1v) is 20.0. The Morgan fingerprint density at radius 3 is 1.10 bits per heavy atom. The van der Waals surface area contributed by atoms with Crippen LogP contribution in [0.5, 0.6) is 0 Å². The van der Waals surface area contributed by atoms with Gasteiger partial charge in [0.1, 0.15) is 31.0 Å². The van der Waals surface area contributed by atoms with Crippen LogP contribution in [-0.2, 0) is 71.0 Å². The number of carbonyl (C=O) groups excluding carboxylic acids is 2. The lowest BCUT2D eigenvalue weighted by atomic mass is 10.2. The summed E-state index contributed by atoms with van der Waals surface area (Å²) in [7, 11) is 1.22. The van der Waals surface area contributed by atoms with Crippen LogP contribution in [0.1, 0.15) is 27.8 Å². The Hall–Kier alpha value is -5.48. The third kappa shape index (κ3) is 18.8. The zero-order valence-electron chi connectivity index (χ0n) is 34.4. The van der Waals surface area contributed by atoms with Crippen molar-refractivity contribution in [3.8, 4) is 0 Å². The van der Waals surface area contributed by atoms with E-state index in [4.69, 9.17) is 33.2 Å². The van der Waals surface area contributed by atoms with Gasteiger partial charge in [-0.2, -0.15) is 0 Å². The van der Waals surface area contributed by atoms with E-state index in [-0.39, 0.29) is 52.9 Å². The van der Waals surface area contributed by atoms with Gasteiger partial charge in [-0.3, -0.25) is 0 Å². The van der Waals surface area contributed by atoms with Crippen molar-refractivity contribution in [2.75, 3.05) is 40.1 Å². The predicted molar refractivity (Wildman–Crippen MR) is 228 cm³/mol. The van der Waals surface area contributed by atoms with E-state index in [1.807, 2.05) is 152 Å². The molecule has 61 heavy (non-hydrogen) atoms. The van der Waals surface area contributed by atoms with Crippen LogP contribution >= 0.6 is 0 Å². The molecule has 0 heterocycles. The van der Waals surface area contributed by atoms with Crippen molar-refractivity contribution in [3.63, 3.8) is 0 Å². The Bertz CT molecular complexity index is 1820. The number of ether oxygens (including phenoxy) is 7. The van der Waals surface area contributed by atoms with Crippen molar-refractivity contribution in [1.29, 1.82) is 0 Å². The van der Waals surface area contributed by atoms with Crippen LogP contribution in [0.2, 0.25) is 0 Å². The molecular weight excluding hydrogens is 783 g/mol. The molecule has 0 fully saturated rings. The maximum atomic E-state index is 12.3. The second kappa shape index (κ2) is 28.9. The lowest BCUT2D eigenvalue weighted by Gasteiger charge is -2.27. The molecule has 5 rings (SSSR count). The summed E-state index contributed by atoms with van der Waals surface area (Å²) in [5.74, 6) is -0.688. The van der Waals surface area contributed by atoms with Gasteiger partial charge >= 0.3 is 12.1 Å². The van der Waals surface area contributed by atoms with Gasteiger partial charge in [0, 0.05) is 0 Å². The zero-order valence-corrected chi connectivity index (χ0v) is 34.4. The highest BCUT2D eigenvalue weighted by molar-refractivity contribution is 5.81. The fraction of sp³-hybridized carbons (Fsp3) is 0.333. The van der Waals surface area contributed by atoms with Crippen LogP contribution in [-0.4, -0.2) is 98.0 Å². The monoisotopic (exact) mass is 839 g/mol. The summed E-state index contributed by atoms with van der Waals surface area (Å²) in [4.78, 5) is 24.6. The number of rotatable bonds is 25. The Labute approximate surface area is 357 Å². The van der Waals surface area contributed by atoms with E-state index in [1.165, 1.54) is 7.11 Å². The van der Waals surface area contributed by atoms with E-state index < -0.39 is 42.5 Å². The number of methoxy groups -OCH3 is 1. The van der Waals surface area contributed by atoms with Crippen LogP contribution in [0, 0.1) is 0 Å². The van der Waals surface area contributed by atoms with E-state index in [0.717, 1.165) is 27.8 Å². The molecule has 0 bridgehead atoms. The van der Waals surface area contributed by atoms with Gasteiger partial charge in [-0.25, -0.2) is 9.59 Å². The van der Waals surface area contributed by atoms with Crippen molar-refractivity contribution < 1.29 is 58.1 Å². The van der Waals surface area contributed by atoms with Gasteiger partial charge in [0.2, 0.25) is 0 Å². The molecule has 0 spiro atoms. The molecule has 0 aliphatic heterocycles. The minimum absolute atomic E-state index is 0.0128. The van der Waals surface area contributed by atoms with Crippen molar-refractivity contribution >= 4 is 12.1 Å². The Morgan fingerprint density at radius 1 is 0.459 bits per heavy atom. The number of amides is 1. The molecule has 0 saturated heterocycles. The second-order valence-corrected chi connectivity index (χ2v) is 13.7. The highest BCUT2D eigenvalue weighted by Gasteiger charge is 2.27. The maximum Gasteiger partial charge on any atom is 0.408 e. The first-order valence-electron chi connectivity index (χ1n) is 20.0. The largest absolute Gasteiger partial charge is 0.467 e. The molecule has 0 aromatic heterocycles. The molecule has 4 N–H and O–H groups in total. The average Bonchev–Trinajstić information content (AvgIpc) is 3.32. The van der Waals surface area contributed by atoms with Crippen molar-refractivity contribution in [1.82, 2.24) is 5.32 Å². The van der Waals surface area contributed by atoms with Gasteiger partial charge in [0.05, 0.1) is 66.6 Å². The molecule has 0 aliphatic carbocycles. The van der Waals surface area contributed by atoms with Crippen molar-refractivity contribution in [2.24, 2.45) is 0 Å². The SMILES string of the molecule is COC(=O)[C@H](COC[C@H](OCc1ccccc1)[C@H](CO)OCc1ccccc1)NC(=O)OCc1ccccc1.OC[C@H](OCc1ccccc1)[C@H](CO)OCc1ccccc1. The number of esters is 1. The van der Waals surface area contributed by atoms with E-state index in [0.29, 0.717) is 13.2 Å². The van der Waals surface area contributed by atoms with Crippen LogP contribution in [0.15, 0.2) is 152 Å². The van der Waals surface area contributed by atoms with Crippen LogP contribution in [0.4, 0.5) is 4.79 Å². The molecule has 326 valence electrons. The predicted octanol–water partition coefficient (Wildman–Crippen LogP) is 5.78. The van der Waals surface area contributed by atoms with E-state index in [2.05, 4.69) is 5.32 Å². The maximum absolute atomic E-state index is 12.3. The smallest absolute Gasteiger partial charge is 0.408 e. The van der Waals surface area contributed by atoms with Crippen LogP contribution in [0.3, 0.4) is 0 Å². The molecule has 0 unspecified atom stereocenters. The molecule has 5 atom stereocenters. The fourth-order valence-corrected chi connectivity index (χ4v) is 5.73. The van der Waals surface area contributed by atoms with E-state index in [1.54, 1.807) is 0 Å². The number of aliphatic hydroxyl groups is 3. The third-order valence-electron chi connectivity index (χ3n) is 9.15. The van der Waals surface area contributed by atoms with Crippen molar-refractivity contribution in [2.45, 2.75) is 63.5 Å². The van der Waals surface area contributed by atoms with Gasteiger partial charge in [0.25, 0.3) is 0 Å². The second-order valence-electron chi connectivity index (χ2n) is 13.7. The summed E-state index contributed by atoms with van der Waals surface area (Å²) in [5.41, 5.74) is 4.73. The lowest BCUT2D eigenvalue weighted by Crippen LogP contribution is -2.46. The molecule has 0 radical (unpaired) electrons. The Morgan fingerprint density at radius 2 is 0.770 bits per heavy atom. The number of benzene rings is 5. The minimum Gasteiger partial charge on any atom is -0.467 e. The van der Waals surface area contributed by atoms with Crippen molar-refractivity contribution in [3.05, 3.63) is 179 Å². The van der Waals surface area contributed by atoms with Gasteiger partial charge < -0.3 is 53.8 Å². The normalized spacial score (nSPS) is 13.4. The van der Waals surface area contributed by atoms with Crippen LogP contribution < -0.4 is 5.32 Å². The molecule has 0 saturated carbocycles. The molecule has 13 nitrogen and oxygen atoms in total. The first-order chi connectivity index (χ1) is 29.9. The molecule has 1 amide bonds. The number of alkyl carbamates (subject to hydrolysis) is 1. The summed E-state index contributed by atoms with van der Waals surface area (Å²) in [6, 6.07) is 46.6. The lowest BCUT2D eigenvalue weighted by molar-refractivity contribution is -0.148. The van der Waals surface area contributed by atoms with Gasteiger partial charge in [-0.15, -0.1) is 0 Å². The highest BCUT2D eigenvalue weighted by atomic mass is 16.6. The molecular formula is C48H57NO12. The quantitative estimate of drug-likeness (QED) is 0.0524. The third-order valence-corrected chi connectivity index (χ3v) is 9.15. The highest BCUT2D eigenvalue weighted by Crippen LogP contribution is 2.14. The fourth-order valence-electron chi connectivity index (χ4n) is 5.73. The number of hydrogen-bond donors (Lipinski definition) is 4. The summed E-state index contributed by atoms with van der Waals surface area (Å²) in [6.07, 6.45) is -3.27. The zero-order chi connectivity index (χ0) is 43.3. The molecule has 0 aliphatic rings. The molecule has 5 aromatic rings. The summed E-state index contributed by atoms with van der Waals surface area (Å²) in [5, 5.41) is 31.5. The summed E-state index contributed by atoms with van der Waals surface area (Å²) in [6.45, 7) is 0.416. The van der Waals surface area contributed by atoms with Gasteiger partial charge in [-0.1, -0.05) is 152 Å². The summed E-state index contributed by atoms with van der Waals surface area (Å²) < 4.78 is 39.2. The van der Waals surface area contributed by atoms with Gasteiger partial charge in [0.15, 0.2) is 6.04 Å². The average molecular weight is 840 g/mol. The Balaban J connectivity index is 0.000000314. The van der Waals surface area contributed by atoms with E-state index >= 15 is 0 Å².